The van der Waals surface area contributed by atoms with E-state index in [1.165, 1.54) is 0 Å². The third kappa shape index (κ3) is 2.88. The molecule has 0 radical (unpaired) electrons. The average molecular weight is 270 g/mol. The van der Waals surface area contributed by atoms with Gasteiger partial charge >= 0.3 is 0 Å². The van der Waals surface area contributed by atoms with Gasteiger partial charge in [-0.1, -0.05) is 0 Å². The normalized spacial score (nSPS) is 11.1. The number of aryl methyl sites for hydroxylation is 1. The van der Waals surface area contributed by atoms with Crippen LogP contribution in [0.25, 0.3) is 11.2 Å². The largest absolute Gasteiger partial charge is 0.382 e. The van der Waals surface area contributed by atoms with E-state index in [2.05, 4.69) is 20.3 Å². The second-order valence-electron chi connectivity index (χ2n) is 3.85. The summed E-state index contributed by atoms with van der Waals surface area (Å²) >= 11 is 5.86. The Labute approximate surface area is 110 Å². The minimum Gasteiger partial charge on any atom is -0.382 e. The molecule has 0 saturated carbocycles. The van der Waals surface area contributed by atoms with E-state index in [1.54, 1.807) is 6.33 Å². The number of nitrogens with zero attached hydrogens (tertiary/aromatic N) is 4. The van der Waals surface area contributed by atoms with Gasteiger partial charge in [0.15, 0.2) is 11.5 Å². The van der Waals surface area contributed by atoms with Crippen LogP contribution in [0, 0.1) is 0 Å². The minimum atomic E-state index is 0.202. The highest BCUT2D eigenvalue weighted by Gasteiger charge is 2.10. The predicted octanol–water partition coefficient (Wildman–Crippen LogP) is 1.86. The van der Waals surface area contributed by atoms with Crippen molar-refractivity contribution in [2.24, 2.45) is 7.05 Å². The Morgan fingerprint density at radius 2 is 2.28 bits per heavy atom. The molecule has 0 fully saturated rings. The van der Waals surface area contributed by atoms with Gasteiger partial charge in [0.05, 0.1) is 6.33 Å². The Morgan fingerprint density at radius 3 is 3.06 bits per heavy atom. The molecule has 0 aromatic carbocycles. The number of hydrogen-bond acceptors (Lipinski definition) is 5. The first-order valence-corrected chi connectivity index (χ1v) is 6.26. The molecule has 7 heteroatoms. The molecule has 0 bridgehead atoms. The number of aromatic nitrogens is 4. The SMILES string of the molecule is CCOCCCNc1nc(Cl)nc2ncn(C)c12. The first-order valence-electron chi connectivity index (χ1n) is 5.88. The average Bonchev–Trinajstić information content (AvgIpc) is 2.70. The molecule has 0 atom stereocenters. The van der Waals surface area contributed by atoms with Crippen LogP contribution in [0.4, 0.5) is 5.82 Å². The summed E-state index contributed by atoms with van der Waals surface area (Å²) in [4.78, 5) is 12.4. The number of imidazole rings is 1. The molecule has 0 saturated heterocycles. The zero-order valence-corrected chi connectivity index (χ0v) is 11.2. The second kappa shape index (κ2) is 5.97. The molecule has 2 aromatic rings. The fourth-order valence-corrected chi connectivity index (χ4v) is 1.84. The fraction of sp³-hybridized carbons (Fsp3) is 0.545. The van der Waals surface area contributed by atoms with Crippen molar-refractivity contribution in [2.45, 2.75) is 13.3 Å². The Kier molecular flexibility index (Phi) is 4.33. The van der Waals surface area contributed by atoms with Crippen LogP contribution in [0.1, 0.15) is 13.3 Å². The lowest BCUT2D eigenvalue weighted by molar-refractivity contribution is 0.147. The maximum absolute atomic E-state index is 5.86. The summed E-state index contributed by atoms with van der Waals surface area (Å²) in [5.74, 6) is 0.710. The molecule has 2 aromatic heterocycles. The molecule has 0 aliphatic carbocycles. The molecule has 2 heterocycles. The van der Waals surface area contributed by atoms with Crippen LogP contribution in [-0.2, 0) is 11.8 Å². The van der Waals surface area contributed by atoms with Crippen LogP contribution in [0.5, 0.6) is 0 Å². The van der Waals surface area contributed by atoms with Gasteiger partial charge in [-0.3, -0.25) is 0 Å². The maximum atomic E-state index is 5.86. The molecule has 6 nitrogen and oxygen atoms in total. The standard InChI is InChI=1S/C11H16ClN5O/c1-3-18-6-4-5-13-9-8-10(14-7-17(8)2)16-11(12)15-9/h7H,3-6H2,1-2H3,(H,13,15,16). The van der Waals surface area contributed by atoms with Gasteiger partial charge in [0.1, 0.15) is 5.52 Å². The minimum absolute atomic E-state index is 0.202. The van der Waals surface area contributed by atoms with Gasteiger partial charge in [-0.2, -0.15) is 9.97 Å². The molecule has 0 aliphatic heterocycles. The van der Waals surface area contributed by atoms with Gasteiger partial charge in [0.2, 0.25) is 5.28 Å². The lowest BCUT2D eigenvalue weighted by Gasteiger charge is -2.07. The molecule has 1 N–H and O–H groups in total. The molecular formula is C11H16ClN5O. The maximum Gasteiger partial charge on any atom is 0.226 e. The van der Waals surface area contributed by atoms with Crippen molar-refractivity contribution in [2.75, 3.05) is 25.1 Å². The molecule has 0 spiro atoms. The molecule has 98 valence electrons. The van der Waals surface area contributed by atoms with Crippen molar-refractivity contribution >= 4 is 28.6 Å². The van der Waals surface area contributed by atoms with Gasteiger partial charge in [-0.25, -0.2) is 4.98 Å². The Hall–Kier alpha value is -1.40. The highest BCUT2D eigenvalue weighted by atomic mass is 35.5. The van der Waals surface area contributed by atoms with Crippen molar-refractivity contribution in [3.05, 3.63) is 11.6 Å². The van der Waals surface area contributed by atoms with Crippen LogP contribution in [0.15, 0.2) is 6.33 Å². The van der Waals surface area contributed by atoms with Crippen LogP contribution >= 0.6 is 11.6 Å². The van der Waals surface area contributed by atoms with Crippen molar-refractivity contribution in [3.8, 4) is 0 Å². The number of halogens is 1. The highest BCUT2D eigenvalue weighted by Crippen LogP contribution is 2.20. The van der Waals surface area contributed by atoms with Crippen LogP contribution in [0.2, 0.25) is 5.28 Å². The highest BCUT2D eigenvalue weighted by molar-refractivity contribution is 6.28. The number of fused-ring (bicyclic) bond motifs is 1. The Balaban J connectivity index is 2.09. The van der Waals surface area contributed by atoms with E-state index in [9.17, 15) is 0 Å². The number of hydrogen-bond donors (Lipinski definition) is 1. The summed E-state index contributed by atoms with van der Waals surface area (Å²) < 4.78 is 7.15. The topological polar surface area (TPSA) is 64.9 Å². The van der Waals surface area contributed by atoms with E-state index in [4.69, 9.17) is 16.3 Å². The van der Waals surface area contributed by atoms with Crippen molar-refractivity contribution in [1.29, 1.82) is 0 Å². The molecule has 2 rings (SSSR count). The second-order valence-corrected chi connectivity index (χ2v) is 4.18. The third-order valence-corrected chi connectivity index (χ3v) is 2.68. The zero-order valence-electron chi connectivity index (χ0n) is 10.5. The van der Waals surface area contributed by atoms with Crippen LogP contribution in [-0.4, -0.2) is 39.3 Å². The summed E-state index contributed by atoms with van der Waals surface area (Å²) in [6, 6.07) is 0. The lowest BCUT2D eigenvalue weighted by Crippen LogP contribution is -2.08. The van der Waals surface area contributed by atoms with Gasteiger partial charge in [0, 0.05) is 26.8 Å². The zero-order chi connectivity index (χ0) is 13.0. The van der Waals surface area contributed by atoms with E-state index < -0.39 is 0 Å². The van der Waals surface area contributed by atoms with E-state index in [0.29, 0.717) is 11.5 Å². The summed E-state index contributed by atoms with van der Waals surface area (Å²) in [5, 5.41) is 3.44. The summed E-state index contributed by atoms with van der Waals surface area (Å²) in [7, 11) is 1.90. The molecule has 0 aliphatic rings. The first kappa shape index (κ1) is 13.0. The van der Waals surface area contributed by atoms with Gasteiger partial charge in [-0.15, -0.1) is 0 Å². The van der Waals surface area contributed by atoms with E-state index in [1.807, 2.05) is 18.5 Å². The summed E-state index contributed by atoms with van der Waals surface area (Å²) in [6.45, 7) is 4.23. The Morgan fingerprint density at radius 1 is 1.44 bits per heavy atom. The number of ether oxygens (including phenoxy) is 1. The fourth-order valence-electron chi connectivity index (χ4n) is 1.68. The smallest absolute Gasteiger partial charge is 0.226 e. The summed E-state index contributed by atoms with van der Waals surface area (Å²) in [6.07, 6.45) is 2.61. The molecule has 0 unspecified atom stereocenters. The van der Waals surface area contributed by atoms with Crippen LogP contribution in [0.3, 0.4) is 0 Å². The van der Waals surface area contributed by atoms with Crippen molar-refractivity contribution in [1.82, 2.24) is 19.5 Å². The Bertz CT molecular complexity index is 527. The quantitative estimate of drug-likeness (QED) is 0.640. The van der Waals surface area contributed by atoms with E-state index in [0.717, 1.165) is 31.7 Å². The van der Waals surface area contributed by atoms with E-state index >= 15 is 0 Å². The van der Waals surface area contributed by atoms with Gasteiger partial charge < -0.3 is 14.6 Å². The van der Waals surface area contributed by atoms with Gasteiger partial charge in [0.25, 0.3) is 0 Å². The molecule has 0 amide bonds. The third-order valence-electron chi connectivity index (χ3n) is 2.51. The predicted molar refractivity (Wildman–Crippen MR) is 70.9 cm³/mol. The first-order chi connectivity index (χ1) is 8.72. The number of anilines is 1. The molecule has 18 heavy (non-hydrogen) atoms. The molecular weight excluding hydrogens is 254 g/mol. The monoisotopic (exact) mass is 269 g/mol. The van der Waals surface area contributed by atoms with Crippen LogP contribution < -0.4 is 5.32 Å². The van der Waals surface area contributed by atoms with E-state index in [-0.39, 0.29) is 5.28 Å². The summed E-state index contributed by atoms with van der Waals surface area (Å²) in [5.41, 5.74) is 1.46. The van der Waals surface area contributed by atoms with Crippen molar-refractivity contribution < 1.29 is 4.74 Å². The van der Waals surface area contributed by atoms with Gasteiger partial charge in [-0.05, 0) is 24.9 Å². The lowest BCUT2D eigenvalue weighted by atomic mass is 10.4. The number of rotatable bonds is 6. The number of nitrogens with one attached hydrogen (secondary N) is 1. The van der Waals surface area contributed by atoms with Crippen molar-refractivity contribution in [3.63, 3.8) is 0 Å².